The minimum atomic E-state index is -0.335. The van der Waals surface area contributed by atoms with E-state index in [1.807, 2.05) is 26.0 Å². The molecule has 0 saturated heterocycles. The number of dihydropyridines is 1. The van der Waals surface area contributed by atoms with Gasteiger partial charge in [-0.15, -0.1) is 11.3 Å². The van der Waals surface area contributed by atoms with Crippen molar-refractivity contribution in [2.75, 3.05) is 6.61 Å². The molecule has 2 heterocycles. The molecule has 0 bridgehead atoms. The zero-order valence-corrected chi connectivity index (χ0v) is 14.5. The molecule has 2 aliphatic rings. The molecule has 1 N–H and O–H groups in total. The number of hydrogen-bond acceptors (Lipinski definition) is 5. The Morgan fingerprint density at radius 2 is 2.13 bits per heavy atom. The van der Waals surface area contributed by atoms with Gasteiger partial charge in [0.15, 0.2) is 5.78 Å². The van der Waals surface area contributed by atoms with Crippen LogP contribution in [0.3, 0.4) is 0 Å². The fourth-order valence-corrected chi connectivity index (χ4v) is 4.35. The van der Waals surface area contributed by atoms with E-state index in [-0.39, 0.29) is 17.7 Å². The number of nitrogens with one attached hydrogen (secondary N) is 1. The molecule has 1 aromatic heterocycles. The second kappa shape index (κ2) is 6.32. The second-order valence-electron chi connectivity index (χ2n) is 5.93. The molecule has 0 aromatic carbocycles. The highest BCUT2D eigenvalue weighted by molar-refractivity contribution is 7.12. The molecule has 0 radical (unpaired) electrons. The standard InChI is InChI=1S/C18H21NO3S/c1-4-22-18(21)15-11(3)19-12-6-5-7-13(20)16(12)17(15)14-9-8-10(2)23-14/h8-9,17,19H,4-7H2,1-3H3. The Hall–Kier alpha value is -1.88. The van der Waals surface area contributed by atoms with Crippen LogP contribution in [-0.4, -0.2) is 18.4 Å². The van der Waals surface area contributed by atoms with Crippen molar-refractivity contribution in [2.24, 2.45) is 0 Å². The first-order chi connectivity index (χ1) is 11.0. The number of thiophene rings is 1. The van der Waals surface area contributed by atoms with Gasteiger partial charge in [-0.3, -0.25) is 4.79 Å². The van der Waals surface area contributed by atoms with E-state index < -0.39 is 0 Å². The third-order valence-corrected chi connectivity index (χ3v) is 5.38. The van der Waals surface area contributed by atoms with Crippen molar-refractivity contribution in [3.63, 3.8) is 0 Å². The van der Waals surface area contributed by atoms with Gasteiger partial charge in [-0.05, 0) is 45.7 Å². The predicted octanol–water partition coefficient (Wildman–Crippen LogP) is 3.59. The molecule has 1 atom stereocenters. The Kier molecular flexibility index (Phi) is 4.39. The molecule has 1 aliphatic carbocycles. The normalized spacial score (nSPS) is 21.2. The average Bonchev–Trinajstić information content (AvgIpc) is 2.92. The van der Waals surface area contributed by atoms with Gasteiger partial charge >= 0.3 is 5.97 Å². The highest BCUT2D eigenvalue weighted by Crippen LogP contribution is 2.44. The topological polar surface area (TPSA) is 55.4 Å². The summed E-state index contributed by atoms with van der Waals surface area (Å²) < 4.78 is 5.26. The highest BCUT2D eigenvalue weighted by Gasteiger charge is 2.39. The van der Waals surface area contributed by atoms with Crippen LogP contribution >= 0.6 is 11.3 Å². The van der Waals surface area contributed by atoms with Crippen LogP contribution in [0.25, 0.3) is 0 Å². The van der Waals surface area contributed by atoms with E-state index in [0.29, 0.717) is 18.6 Å². The molecule has 4 nitrogen and oxygen atoms in total. The average molecular weight is 331 g/mol. The van der Waals surface area contributed by atoms with Crippen molar-refractivity contribution in [1.29, 1.82) is 0 Å². The molecule has 1 aliphatic heterocycles. The van der Waals surface area contributed by atoms with Crippen LogP contribution in [-0.2, 0) is 14.3 Å². The first-order valence-electron chi connectivity index (χ1n) is 8.00. The largest absolute Gasteiger partial charge is 0.463 e. The van der Waals surface area contributed by atoms with Gasteiger partial charge in [0.2, 0.25) is 0 Å². The van der Waals surface area contributed by atoms with E-state index >= 15 is 0 Å². The SMILES string of the molecule is CCOC(=O)C1=C(C)NC2=C(C(=O)CCC2)C1c1ccc(C)s1. The fraction of sp³-hybridized carbons (Fsp3) is 0.444. The summed E-state index contributed by atoms with van der Waals surface area (Å²) in [4.78, 5) is 27.3. The van der Waals surface area contributed by atoms with Crippen molar-refractivity contribution in [3.8, 4) is 0 Å². The van der Waals surface area contributed by atoms with Crippen LogP contribution in [0.4, 0.5) is 0 Å². The lowest BCUT2D eigenvalue weighted by molar-refractivity contribution is -0.138. The van der Waals surface area contributed by atoms with Gasteiger partial charge in [0, 0.05) is 33.1 Å². The van der Waals surface area contributed by atoms with Gasteiger partial charge < -0.3 is 10.1 Å². The third kappa shape index (κ3) is 2.85. The van der Waals surface area contributed by atoms with Gasteiger partial charge in [-0.1, -0.05) is 0 Å². The van der Waals surface area contributed by atoms with E-state index in [4.69, 9.17) is 4.74 Å². The van der Waals surface area contributed by atoms with Crippen LogP contribution < -0.4 is 5.32 Å². The molecule has 0 spiro atoms. The van der Waals surface area contributed by atoms with Crippen molar-refractivity contribution >= 4 is 23.1 Å². The molecule has 0 amide bonds. The van der Waals surface area contributed by atoms with Gasteiger partial charge in [-0.25, -0.2) is 4.79 Å². The summed E-state index contributed by atoms with van der Waals surface area (Å²) >= 11 is 1.64. The Morgan fingerprint density at radius 3 is 2.78 bits per heavy atom. The first-order valence-corrected chi connectivity index (χ1v) is 8.82. The van der Waals surface area contributed by atoms with Gasteiger partial charge in [0.05, 0.1) is 18.1 Å². The summed E-state index contributed by atoms with van der Waals surface area (Å²) in [7, 11) is 0. The zero-order chi connectivity index (χ0) is 16.6. The maximum atomic E-state index is 12.6. The smallest absolute Gasteiger partial charge is 0.336 e. The Balaban J connectivity index is 2.14. The number of esters is 1. The maximum Gasteiger partial charge on any atom is 0.336 e. The number of allylic oxidation sites excluding steroid dienone is 3. The Bertz CT molecular complexity index is 726. The Morgan fingerprint density at radius 1 is 1.35 bits per heavy atom. The Labute approximate surface area is 140 Å². The van der Waals surface area contributed by atoms with Crippen molar-refractivity contribution < 1.29 is 14.3 Å². The highest BCUT2D eigenvalue weighted by atomic mass is 32.1. The van der Waals surface area contributed by atoms with Gasteiger partial charge in [0.1, 0.15) is 0 Å². The fourth-order valence-electron chi connectivity index (χ4n) is 3.36. The van der Waals surface area contributed by atoms with Crippen LogP contribution in [0.5, 0.6) is 0 Å². The number of Topliss-reactive ketones (excluding diaryl/α,β-unsaturated/α-hetero) is 1. The lowest BCUT2D eigenvalue weighted by atomic mass is 9.78. The quantitative estimate of drug-likeness (QED) is 0.860. The maximum absolute atomic E-state index is 12.6. The van der Waals surface area contributed by atoms with Crippen LogP contribution in [0.2, 0.25) is 0 Å². The van der Waals surface area contributed by atoms with Crippen LogP contribution in [0, 0.1) is 6.92 Å². The number of carbonyl (C=O) groups excluding carboxylic acids is 2. The molecule has 1 aromatic rings. The number of ketones is 1. The van der Waals surface area contributed by atoms with Crippen molar-refractivity contribution in [2.45, 2.75) is 46.0 Å². The molecule has 0 saturated carbocycles. The molecule has 122 valence electrons. The summed E-state index contributed by atoms with van der Waals surface area (Å²) in [6, 6.07) is 4.06. The molecular formula is C18H21NO3S. The van der Waals surface area contributed by atoms with Crippen molar-refractivity contribution in [1.82, 2.24) is 5.32 Å². The predicted molar refractivity (Wildman–Crippen MR) is 90.1 cm³/mol. The first kappa shape index (κ1) is 16.0. The summed E-state index contributed by atoms with van der Waals surface area (Å²) in [6.45, 7) is 6.05. The van der Waals surface area contributed by atoms with E-state index in [9.17, 15) is 9.59 Å². The molecule has 0 fully saturated rings. The molecule has 23 heavy (non-hydrogen) atoms. The van der Waals surface area contributed by atoms with E-state index in [0.717, 1.165) is 34.7 Å². The lowest BCUT2D eigenvalue weighted by Gasteiger charge is -2.33. The number of ether oxygens (including phenoxy) is 1. The number of rotatable bonds is 3. The summed E-state index contributed by atoms with van der Waals surface area (Å²) in [5.74, 6) is -0.487. The minimum absolute atomic E-state index is 0.143. The molecule has 3 rings (SSSR count). The second-order valence-corrected chi connectivity index (χ2v) is 7.25. The van der Waals surface area contributed by atoms with Crippen LogP contribution in [0.15, 0.2) is 34.7 Å². The van der Waals surface area contributed by atoms with Crippen molar-refractivity contribution in [3.05, 3.63) is 44.4 Å². The molecule has 1 unspecified atom stereocenters. The van der Waals surface area contributed by atoms with Crippen LogP contribution in [0.1, 0.15) is 48.8 Å². The summed E-state index contributed by atoms with van der Waals surface area (Å²) in [5.41, 5.74) is 3.10. The zero-order valence-electron chi connectivity index (χ0n) is 13.7. The van der Waals surface area contributed by atoms with Gasteiger partial charge in [0.25, 0.3) is 0 Å². The molecule has 5 heteroatoms. The summed E-state index contributed by atoms with van der Waals surface area (Å²) in [5, 5.41) is 3.29. The number of aryl methyl sites for hydroxylation is 1. The summed E-state index contributed by atoms with van der Waals surface area (Å²) in [6.07, 6.45) is 2.27. The third-order valence-electron chi connectivity index (χ3n) is 4.32. The minimum Gasteiger partial charge on any atom is -0.463 e. The monoisotopic (exact) mass is 331 g/mol. The lowest BCUT2D eigenvalue weighted by Crippen LogP contribution is -2.34. The van der Waals surface area contributed by atoms with E-state index in [1.54, 1.807) is 18.3 Å². The van der Waals surface area contributed by atoms with E-state index in [1.165, 1.54) is 4.88 Å². The number of carbonyl (C=O) groups is 2. The van der Waals surface area contributed by atoms with E-state index in [2.05, 4.69) is 5.32 Å². The number of hydrogen-bond donors (Lipinski definition) is 1. The van der Waals surface area contributed by atoms with Gasteiger partial charge in [-0.2, -0.15) is 0 Å². The molecular weight excluding hydrogens is 310 g/mol.